The monoisotopic (exact) mass is 163 g/mol. The van der Waals surface area contributed by atoms with Gasteiger partial charge in [-0.3, -0.25) is 0 Å². The molecule has 0 fully saturated rings. The molecule has 2 nitrogen and oxygen atoms in total. The van der Waals surface area contributed by atoms with Crippen molar-refractivity contribution < 1.29 is 4.74 Å². The number of hydrogen-bond donors (Lipinski definition) is 1. The fraction of sp³-hybridized carbons (Fsp3) is 0.400. The molecule has 1 heterocycles. The Bertz CT molecular complexity index is 296. The van der Waals surface area contributed by atoms with Gasteiger partial charge in [0.25, 0.3) is 0 Å². The van der Waals surface area contributed by atoms with E-state index in [9.17, 15) is 0 Å². The Balaban J connectivity index is 2.37. The van der Waals surface area contributed by atoms with Gasteiger partial charge in [0.05, 0.1) is 11.7 Å². The summed E-state index contributed by atoms with van der Waals surface area (Å²) in [5.41, 5.74) is 2.35. The minimum absolute atomic E-state index is 0.417. The molecule has 1 aromatic rings. The van der Waals surface area contributed by atoms with Crippen molar-refractivity contribution in [2.45, 2.75) is 19.9 Å². The summed E-state index contributed by atoms with van der Waals surface area (Å²) in [6.07, 6.45) is 0. The molecule has 0 radical (unpaired) electrons. The summed E-state index contributed by atoms with van der Waals surface area (Å²) in [5, 5.41) is 3.36. The predicted octanol–water partition coefficient (Wildman–Crippen LogP) is 2.19. The molecular weight excluding hydrogens is 150 g/mol. The second kappa shape index (κ2) is 2.70. The highest BCUT2D eigenvalue weighted by molar-refractivity contribution is 5.59. The highest BCUT2D eigenvalue weighted by atomic mass is 16.5. The molecular formula is C10H13NO. The number of anilines is 1. The highest BCUT2D eigenvalue weighted by Gasteiger charge is 2.13. The number of fused-ring (bicyclic) bond motifs is 1. The molecule has 1 aromatic carbocycles. The third-order valence-corrected chi connectivity index (χ3v) is 2.03. The maximum Gasteiger partial charge on any atom is 0.142 e. The lowest BCUT2D eigenvalue weighted by Crippen LogP contribution is -2.28. The molecule has 0 bridgehead atoms. The van der Waals surface area contributed by atoms with E-state index in [1.165, 1.54) is 5.56 Å². The van der Waals surface area contributed by atoms with E-state index in [2.05, 4.69) is 37.4 Å². The van der Waals surface area contributed by atoms with Gasteiger partial charge in [0.1, 0.15) is 12.4 Å². The number of hydrogen-bond acceptors (Lipinski definition) is 2. The summed E-state index contributed by atoms with van der Waals surface area (Å²) < 4.78 is 5.55. The Morgan fingerprint density at radius 1 is 1.50 bits per heavy atom. The van der Waals surface area contributed by atoms with E-state index in [0.29, 0.717) is 6.04 Å². The fourth-order valence-corrected chi connectivity index (χ4v) is 1.39. The van der Waals surface area contributed by atoms with E-state index in [-0.39, 0.29) is 0 Å². The maximum absolute atomic E-state index is 5.55. The average molecular weight is 163 g/mol. The van der Waals surface area contributed by atoms with Gasteiger partial charge in [-0.15, -0.1) is 0 Å². The molecule has 1 N–H and O–H groups in total. The standard InChI is InChI=1S/C10H13NO/c1-7-3-4-9-10(5-7)12-6-8(2)11-9/h3-5,8,11H,6H2,1-2H3/t8-/m1/s1. The van der Waals surface area contributed by atoms with Crippen LogP contribution >= 0.6 is 0 Å². The van der Waals surface area contributed by atoms with E-state index in [4.69, 9.17) is 4.74 Å². The van der Waals surface area contributed by atoms with E-state index in [0.717, 1.165) is 18.0 Å². The Labute approximate surface area is 72.5 Å². The lowest BCUT2D eigenvalue weighted by molar-refractivity contribution is 0.291. The van der Waals surface area contributed by atoms with Gasteiger partial charge >= 0.3 is 0 Å². The van der Waals surface area contributed by atoms with Crippen molar-refractivity contribution >= 4 is 5.69 Å². The van der Waals surface area contributed by atoms with Crippen LogP contribution in [-0.2, 0) is 0 Å². The first-order valence-corrected chi connectivity index (χ1v) is 4.26. The number of nitrogens with one attached hydrogen (secondary N) is 1. The van der Waals surface area contributed by atoms with Crippen molar-refractivity contribution in [2.75, 3.05) is 11.9 Å². The summed E-state index contributed by atoms with van der Waals surface area (Å²) in [6.45, 7) is 4.95. The van der Waals surface area contributed by atoms with Crippen LogP contribution in [0.5, 0.6) is 5.75 Å². The van der Waals surface area contributed by atoms with Crippen molar-refractivity contribution in [1.82, 2.24) is 0 Å². The first-order valence-electron chi connectivity index (χ1n) is 4.26. The zero-order chi connectivity index (χ0) is 8.55. The van der Waals surface area contributed by atoms with Gasteiger partial charge in [0, 0.05) is 0 Å². The van der Waals surface area contributed by atoms with E-state index < -0.39 is 0 Å². The second-order valence-electron chi connectivity index (χ2n) is 3.36. The van der Waals surface area contributed by atoms with Crippen LogP contribution < -0.4 is 10.1 Å². The van der Waals surface area contributed by atoms with Gasteiger partial charge < -0.3 is 10.1 Å². The number of ether oxygens (including phenoxy) is 1. The number of rotatable bonds is 0. The molecule has 1 aliphatic heterocycles. The molecule has 0 aliphatic carbocycles. The van der Waals surface area contributed by atoms with Crippen LogP contribution in [-0.4, -0.2) is 12.6 Å². The highest BCUT2D eigenvalue weighted by Crippen LogP contribution is 2.29. The van der Waals surface area contributed by atoms with Crippen LogP contribution in [0.1, 0.15) is 12.5 Å². The van der Waals surface area contributed by atoms with Crippen molar-refractivity contribution in [3.8, 4) is 5.75 Å². The molecule has 2 heteroatoms. The smallest absolute Gasteiger partial charge is 0.142 e. The maximum atomic E-state index is 5.55. The summed E-state index contributed by atoms with van der Waals surface area (Å²) >= 11 is 0. The first kappa shape index (κ1) is 7.47. The molecule has 0 aromatic heterocycles. The molecule has 0 saturated heterocycles. The lowest BCUT2D eigenvalue weighted by Gasteiger charge is -2.24. The molecule has 0 saturated carbocycles. The molecule has 1 atom stereocenters. The Kier molecular flexibility index (Phi) is 1.68. The van der Waals surface area contributed by atoms with Gasteiger partial charge in [0.2, 0.25) is 0 Å². The van der Waals surface area contributed by atoms with Gasteiger partial charge in [-0.05, 0) is 31.5 Å². The molecule has 0 spiro atoms. The quantitative estimate of drug-likeness (QED) is 0.633. The Morgan fingerprint density at radius 3 is 3.17 bits per heavy atom. The Morgan fingerprint density at radius 2 is 2.33 bits per heavy atom. The largest absolute Gasteiger partial charge is 0.489 e. The zero-order valence-electron chi connectivity index (χ0n) is 7.42. The summed E-state index contributed by atoms with van der Waals surface area (Å²) in [7, 11) is 0. The average Bonchev–Trinajstić information content (AvgIpc) is 2.05. The van der Waals surface area contributed by atoms with Crippen LogP contribution in [0.2, 0.25) is 0 Å². The number of aryl methyl sites for hydroxylation is 1. The van der Waals surface area contributed by atoms with Gasteiger partial charge in [-0.1, -0.05) is 6.07 Å². The third kappa shape index (κ3) is 1.24. The van der Waals surface area contributed by atoms with Crippen molar-refractivity contribution in [1.29, 1.82) is 0 Å². The molecule has 2 rings (SSSR count). The SMILES string of the molecule is Cc1ccc2c(c1)OC[C@@H](C)N2. The third-order valence-electron chi connectivity index (χ3n) is 2.03. The van der Waals surface area contributed by atoms with Gasteiger partial charge in [-0.25, -0.2) is 0 Å². The van der Waals surface area contributed by atoms with Crippen LogP contribution in [0.15, 0.2) is 18.2 Å². The van der Waals surface area contributed by atoms with Crippen LogP contribution in [0.25, 0.3) is 0 Å². The normalized spacial score (nSPS) is 20.7. The van der Waals surface area contributed by atoms with Gasteiger partial charge in [0.15, 0.2) is 0 Å². The van der Waals surface area contributed by atoms with Crippen molar-refractivity contribution in [2.24, 2.45) is 0 Å². The molecule has 12 heavy (non-hydrogen) atoms. The molecule has 64 valence electrons. The van der Waals surface area contributed by atoms with Crippen LogP contribution in [0, 0.1) is 6.92 Å². The van der Waals surface area contributed by atoms with E-state index >= 15 is 0 Å². The molecule has 1 aliphatic rings. The van der Waals surface area contributed by atoms with Crippen LogP contribution in [0.4, 0.5) is 5.69 Å². The van der Waals surface area contributed by atoms with Gasteiger partial charge in [-0.2, -0.15) is 0 Å². The minimum Gasteiger partial charge on any atom is -0.489 e. The topological polar surface area (TPSA) is 21.3 Å². The second-order valence-corrected chi connectivity index (χ2v) is 3.36. The van der Waals surface area contributed by atoms with Crippen molar-refractivity contribution in [3.05, 3.63) is 23.8 Å². The van der Waals surface area contributed by atoms with E-state index in [1.807, 2.05) is 0 Å². The summed E-state index contributed by atoms with van der Waals surface area (Å²) in [5.74, 6) is 0.980. The summed E-state index contributed by atoms with van der Waals surface area (Å²) in [6, 6.07) is 6.64. The van der Waals surface area contributed by atoms with E-state index in [1.54, 1.807) is 0 Å². The minimum atomic E-state index is 0.417. The van der Waals surface area contributed by atoms with Crippen LogP contribution in [0.3, 0.4) is 0 Å². The molecule has 0 unspecified atom stereocenters. The van der Waals surface area contributed by atoms with Crippen molar-refractivity contribution in [3.63, 3.8) is 0 Å². The zero-order valence-corrected chi connectivity index (χ0v) is 7.42. The molecule has 0 amide bonds. The fourth-order valence-electron chi connectivity index (χ4n) is 1.39. The predicted molar refractivity (Wildman–Crippen MR) is 49.8 cm³/mol. The Hall–Kier alpha value is -1.18. The lowest BCUT2D eigenvalue weighted by atomic mass is 10.1. The first-order chi connectivity index (χ1) is 5.75. The summed E-state index contributed by atoms with van der Waals surface area (Å²) in [4.78, 5) is 0. The number of benzene rings is 1.